The van der Waals surface area contributed by atoms with E-state index in [1.165, 1.54) is 15.7 Å². The number of alkyl halides is 3. The van der Waals surface area contributed by atoms with E-state index in [0.717, 1.165) is 36.7 Å². The maximum atomic E-state index is 14.5. The van der Waals surface area contributed by atoms with Crippen LogP contribution in [0.4, 0.5) is 24.5 Å². The Kier molecular flexibility index (Phi) is 6.72. The monoisotopic (exact) mass is 615 g/mol. The Morgan fingerprint density at radius 2 is 2.00 bits per heavy atom. The molecule has 0 radical (unpaired) electrons. The van der Waals surface area contributed by atoms with Gasteiger partial charge >= 0.3 is 6.18 Å². The zero-order valence-corrected chi connectivity index (χ0v) is 25.0. The molecule has 1 fully saturated rings. The van der Waals surface area contributed by atoms with Crippen molar-refractivity contribution in [3.63, 3.8) is 0 Å². The van der Waals surface area contributed by atoms with Crippen molar-refractivity contribution in [1.82, 2.24) is 24.5 Å². The van der Waals surface area contributed by atoms with Gasteiger partial charge in [0.05, 0.1) is 35.4 Å². The highest BCUT2D eigenvalue weighted by Gasteiger charge is 2.48. The van der Waals surface area contributed by atoms with E-state index in [1.807, 2.05) is 29.8 Å². The lowest BCUT2D eigenvalue weighted by Gasteiger charge is -2.46. The van der Waals surface area contributed by atoms with Gasteiger partial charge in [0.15, 0.2) is 0 Å². The first-order valence-corrected chi connectivity index (χ1v) is 15.0. The third-order valence-corrected chi connectivity index (χ3v) is 9.34. The molecule has 232 valence electrons. The van der Waals surface area contributed by atoms with Crippen LogP contribution in [-0.4, -0.2) is 42.9 Å². The molecule has 0 spiro atoms. The number of aryl methyl sites for hydroxylation is 2. The van der Waals surface area contributed by atoms with E-state index in [2.05, 4.69) is 28.8 Å². The maximum absolute atomic E-state index is 14.5. The number of aromatic nitrogens is 5. The maximum Gasteiger partial charge on any atom is 0.416 e. The molecule has 12 heteroatoms. The minimum absolute atomic E-state index is 0.0145. The molecule has 2 amide bonds. The molecule has 0 unspecified atom stereocenters. The number of carbonyl (C=O) groups is 2. The average molecular weight is 616 g/mol. The number of amides is 2. The molecule has 2 aromatic heterocycles. The zero-order valence-electron chi connectivity index (χ0n) is 25.0. The number of nitrogens with zero attached hydrogens (tertiary/aromatic N) is 7. The summed E-state index contributed by atoms with van der Waals surface area (Å²) in [5, 5.41) is 13.0. The van der Waals surface area contributed by atoms with Crippen LogP contribution in [0.1, 0.15) is 70.3 Å². The van der Waals surface area contributed by atoms with E-state index in [4.69, 9.17) is 0 Å². The first-order chi connectivity index (χ1) is 21.5. The Morgan fingerprint density at radius 1 is 1.20 bits per heavy atom. The van der Waals surface area contributed by atoms with Crippen LogP contribution in [0.3, 0.4) is 0 Å². The number of benzene rings is 2. The van der Waals surface area contributed by atoms with E-state index in [1.54, 1.807) is 29.6 Å². The van der Waals surface area contributed by atoms with Gasteiger partial charge in [-0.1, -0.05) is 25.6 Å². The van der Waals surface area contributed by atoms with Crippen molar-refractivity contribution < 1.29 is 22.8 Å². The van der Waals surface area contributed by atoms with Gasteiger partial charge < -0.3 is 14.4 Å². The number of carbonyl (C=O) groups excluding carboxylic acids is 2. The molecule has 0 saturated heterocycles. The summed E-state index contributed by atoms with van der Waals surface area (Å²) >= 11 is 0. The fraction of sp³-hybridized carbons (Fsp3) is 0.364. The van der Waals surface area contributed by atoms with Crippen molar-refractivity contribution in [2.75, 3.05) is 16.3 Å². The molecule has 2 aliphatic heterocycles. The number of fused-ring (bicyclic) bond motifs is 2. The predicted octanol–water partition coefficient (Wildman–Crippen LogP) is 5.42. The Morgan fingerprint density at radius 3 is 2.69 bits per heavy atom. The first-order valence-electron chi connectivity index (χ1n) is 15.0. The van der Waals surface area contributed by atoms with Crippen molar-refractivity contribution in [1.29, 1.82) is 0 Å². The second-order valence-electron chi connectivity index (χ2n) is 12.4. The molecule has 3 aliphatic rings. The fourth-order valence-corrected chi connectivity index (χ4v) is 7.37. The van der Waals surface area contributed by atoms with Gasteiger partial charge in [-0.25, -0.2) is 0 Å². The number of hydrogen-bond acceptors (Lipinski definition) is 5. The minimum atomic E-state index is -4.66. The Labute approximate surface area is 258 Å². The Hall–Kier alpha value is -4.74. The molecule has 0 atom stereocenters. The molecule has 1 saturated carbocycles. The molecule has 2 aromatic carbocycles. The van der Waals surface area contributed by atoms with Crippen molar-refractivity contribution in [2.45, 2.75) is 57.3 Å². The molecule has 1 aliphatic carbocycles. The third kappa shape index (κ3) is 4.74. The summed E-state index contributed by atoms with van der Waals surface area (Å²) < 4.78 is 46.8. The highest BCUT2D eigenvalue weighted by molar-refractivity contribution is 6.10. The largest absolute Gasteiger partial charge is 0.416 e. The summed E-state index contributed by atoms with van der Waals surface area (Å²) in [6, 6.07) is 10.2. The molecule has 0 bridgehead atoms. The van der Waals surface area contributed by atoms with Crippen LogP contribution in [0.15, 0.2) is 61.6 Å². The van der Waals surface area contributed by atoms with Crippen LogP contribution in [0.5, 0.6) is 0 Å². The van der Waals surface area contributed by atoms with E-state index in [9.17, 15) is 22.8 Å². The number of halogens is 3. The topological polar surface area (TPSA) is 89.2 Å². The summed E-state index contributed by atoms with van der Waals surface area (Å²) in [5.74, 6) is 0.569. The van der Waals surface area contributed by atoms with Gasteiger partial charge in [0.1, 0.15) is 12.2 Å². The molecule has 0 N–H and O–H groups in total. The second-order valence-corrected chi connectivity index (χ2v) is 12.4. The van der Waals surface area contributed by atoms with Crippen LogP contribution in [0.25, 0.3) is 0 Å². The Bertz CT molecular complexity index is 1850. The fourth-order valence-electron chi connectivity index (χ4n) is 7.37. The van der Waals surface area contributed by atoms with E-state index in [-0.39, 0.29) is 35.5 Å². The lowest BCUT2D eigenvalue weighted by atomic mass is 9.58. The van der Waals surface area contributed by atoms with E-state index >= 15 is 0 Å². The van der Waals surface area contributed by atoms with Crippen molar-refractivity contribution in [3.8, 4) is 0 Å². The number of rotatable bonds is 6. The van der Waals surface area contributed by atoms with Crippen LogP contribution in [0, 0.1) is 5.92 Å². The number of anilines is 2. The van der Waals surface area contributed by atoms with Crippen LogP contribution < -0.4 is 9.80 Å². The van der Waals surface area contributed by atoms with Gasteiger partial charge in [-0.15, -0.1) is 10.2 Å². The second kappa shape index (κ2) is 10.4. The van der Waals surface area contributed by atoms with Gasteiger partial charge in [0, 0.05) is 31.0 Å². The van der Waals surface area contributed by atoms with E-state index < -0.39 is 17.6 Å². The van der Waals surface area contributed by atoms with Crippen LogP contribution in [-0.2, 0) is 42.9 Å². The standard InChI is InChI=1S/C33H32F3N7O2/c1-4-29(44)42-10-6-9-27-28(42)18-41(39-27)16-21-11-24-25(26(12-21)33(34,35)36)17-43(30(24)45)23-8-5-7-22(13-23)32(14-20(2)15-32)31-38-37-19-40(31)3/h4-5,7-8,11-13,18-20H,1,6,9-10,14-17H2,2-3H3. The molecule has 4 aromatic rings. The lowest BCUT2D eigenvalue weighted by Crippen LogP contribution is -2.43. The van der Waals surface area contributed by atoms with Gasteiger partial charge in [0.2, 0.25) is 5.91 Å². The summed E-state index contributed by atoms with van der Waals surface area (Å²) in [5.41, 5.74) is 1.92. The summed E-state index contributed by atoms with van der Waals surface area (Å²) in [6.07, 6.45) is 3.00. The highest BCUT2D eigenvalue weighted by atomic mass is 19.4. The van der Waals surface area contributed by atoms with Crippen molar-refractivity contribution in [2.24, 2.45) is 13.0 Å². The first kappa shape index (κ1) is 29.0. The van der Waals surface area contributed by atoms with E-state index in [0.29, 0.717) is 41.5 Å². The van der Waals surface area contributed by atoms with Gasteiger partial charge in [-0.05, 0) is 78.6 Å². The molecule has 7 rings (SSSR count). The summed E-state index contributed by atoms with van der Waals surface area (Å²) in [7, 11) is 1.90. The van der Waals surface area contributed by atoms with Crippen LogP contribution >= 0.6 is 0 Å². The number of hydrogen-bond donors (Lipinski definition) is 0. The minimum Gasteiger partial charge on any atom is -0.320 e. The summed E-state index contributed by atoms with van der Waals surface area (Å²) in [4.78, 5) is 29.2. The van der Waals surface area contributed by atoms with Gasteiger partial charge in [-0.3, -0.25) is 14.3 Å². The van der Waals surface area contributed by atoms with Crippen LogP contribution in [0.2, 0.25) is 0 Å². The lowest BCUT2D eigenvalue weighted by molar-refractivity contribution is -0.138. The predicted molar refractivity (Wildman–Crippen MR) is 161 cm³/mol. The van der Waals surface area contributed by atoms with Crippen molar-refractivity contribution in [3.05, 3.63) is 101 Å². The molecule has 9 nitrogen and oxygen atoms in total. The summed E-state index contributed by atoms with van der Waals surface area (Å²) in [6.45, 7) is 6.08. The average Bonchev–Trinajstić information content (AvgIpc) is 3.70. The van der Waals surface area contributed by atoms with Crippen molar-refractivity contribution >= 4 is 23.2 Å². The SMILES string of the molecule is C=CC(=O)N1CCCc2nn(Cc3cc4c(c(C(F)(F)F)c3)CN(c3cccc(C5(c6nncn6C)CC(C)C5)c3)C4=O)cc21. The molecule has 4 heterocycles. The smallest absolute Gasteiger partial charge is 0.320 e. The molecular weight excluding hydrogens is 583 g/mol. The quantitative estimate of drug-likeness (QED) is 0.271. The third-order valence-electron chi connectivity index (χ3n) is 9.34. The highest BCUT2D eigenvalue weighted by Crippen LogP contribution is 2.52. The Balaban J connectivity index is 1.22. The van der Waals surface area contributed by atoms with Gasteiger partial charge in [0.25, 0.3) is 5.91 Å². The molecule has 45 heavy (non-hydrogen) atoms. The zero-order chi connectivity index (χ0) is 31.7. The van der Waals surface area contributed by atoms with Gasteiger partial charge in [-0.2, -0.15) is 18.3 Å². The molecular formula is C33H32F3N7O2. The normalized spacial score (nSPS) is 21.0.